The molecule has 14 heteroatoms. The molecule has 1 aliphatic heterocycles. The van der Waals surface area contributed by atoms with Crippen molar-refractivity contribution < 1.29 is 67.7 Å². The molecular formula is C33H44O14. The number of rotatable bonds is 13. The average Bonchev–Trinajstić information content (AvgIpc) is 3.19. The van der Waals surface area contributed by atoms with Gasteiger partial charge in [-0.2, -0.15) is 0 Å². The average molecular weight is 665 g/mol. The van der Waals surface area contributed by atoms with Crippen LogP contribution in [0.1, 0.15) is 71.7 Å². The van der Waals surface area contributed by atoms with Crippen LogP contribution in [0, 0.1) is 23.7 Å². The molecule has 260 valence electrons. The molecule has 1 saturated carbocycles. The molecule has 0 saturated heterocycles. The summed E-state index contributed by atoms with van der Waals surface area (Å²) >= 11 is 0. The van der Waals surface area contributed by atoms with Crippen molar-refractivity contribution >= 4 is 29.8 Å². The first-order valence-electron chi connectivity index (χ1n) is 15.4. The molecule has 0 spiro atoms. The Kier molecular flexibility index (Phi) is 12.0. The minimum atomic E-state index is -2.43. The Balaban J connectivity index is 1.98. The third-order valence-electron chi connectivity index (χ3n) is 7.89. The number of benzene rings is 1. The van der Waals surface area contributed by atoms with E-state index in [0.717, 1.165) is 13.2 Å². The van der Waals surface area contributed by atoms with E-state index >= 15 is 0 Å². The van der Waals surface area contributed by atoms with Crippen molar-refractivity contribution in [2.45, 2.75) is 91.0 Å². The molecule has 0 radical (unpaired) electrons. The standard InChI is InChI=1S/C33H44O14/c1-17(2)12-25(36)46-31-27-32(40,21(15-43-31)14-42-30(39)26(18(3)4)47-28(37)19(5)6)13-24(45-20(7)34)33(27,41)16-44-29(38)22-10-8-9-11-23(22)35/h8-11,15,17-19,24,26-27,31,35,40-41H,12-14,16H2,1-7H3/t24?,26?,27?,31?,32?,33-/m1/s1. The van der Waals surface area contributed by atoms with E-state index in [1.165, 1.54) is 24.3 Å². The van der Waals surface area contributed by atoms with Crippen molar-refractivity contribution in [1.29, 1.82) is 0 Å². The first kappa shape index (κ1) is 37.3. The van der Waals surface area contributed by atoms with Gasteiger partial charge in [0.25, 0.3) is 6.29 Å². The van der Waals surface area contributed by atoms with Crippen LogP contribution < -0.4 is 0 Å². The number of para-hydroxylation sites is 1. The summed E-state index contributed by atoms with van der Waals surface area (Å²) in [6.45, 7) is 9.61. The van der Waals surface area contributed by atoms with E-state index in [1.54, 1.807) is 41.5 Å². The first-order chi connectivity index (χ1) is 21.9. The van der Waals surface area contributed by atoms with Gasteiger partial charge in [-0.1, -0.05) is 53.7 Å². The summed E-state index contributed by atoms with van der Waals surface area (Å²) in [5, 5.41) is 34.5. The molecule has 5 unspecified atom stereocenters. The van der Waals surface area contributed by atoms with E-state index in [1.807, 2.05) is 0 Å². The lowest BCUT2D eigenvalue weighted by Crippen LogP contribution is -2.59. The van der Waals surface area contributed by atoms with Crippen molar-refractivity contribution in [1.82, 2.24) is 0 Å². The third kappa shape index (κ3) is 8.60. The van der Waals surface area contributed by atoms with E-state index in [0.29, 0.717) is 0 Å². The molecular weight excluding hydrogens is 620 g/mol. The molecule has 6 atom stereocenters. The number of carbonyl (C=O) groups excluding carboxylic acids is 5. The summed E-state index contributed by atoms with van der Waals surface area (Å²) in [6, 6.07) is 5.51. The van der Waals surface area contributed by atoms with Crippen molar-refractivity contribution in [2.24, 2.45) is 23.7 Å². The summed E-state index contributed by atoms with van der Waals surface area (Å²) in [7, 11) is 0. The van der Waals surface area contributed by atoms with Crippen LogP contribution in [0.25, 0.3) is 0 Å². The summed E-state index contributed by atoms with van der Waals surface area (Å²) in [5.74, 6) is -7.29. The molecule has 0 bridgehead atoms. The van der Waals surface area contributed by atoms with Crippen molar-refractivity contribution in [3.05, 3.63) is 41.7 Å². The van der Waals surface area contributed by atoms with Gasteiger partial charge in [-0.3, -0.25) is 14.4 Å². The summed E-state index contributed by atoms with van der Waals surface area (Å²) in [4.78, 5) is 63.1. The second-order valence-corrected chi connectivity index (χ2v) is 12.9. The zero-order chi connectivity index (χ0) is 35.3. The van der Waals surface area contributed by atoms with Crippen LogP contribution in [0.5, 0.6) is 5.75 Å². The highest BCUT2D eigenvalue weighted by molar-refractivity contribution is 5.92. The van der Waals surface area contributed by atoms with Gasteiger partial charge in [0.05, 0.1) is 12.2 Å². The molecule has 2 aliphatic rings. The van der Waals surface area contributed by atoms with E-state index in [-0.39, 0.29) is 23.5 Å². The maximum atomic E-state index is 13.1. The molecule has 1 heterocycles. The molecule has 1 aromatic rings. The highest BCUT2D eigenvalue weighted by atomic mass is 16.7. The summed E-state index contributed by atoms with van der Waals surface area (Å²) < 4.78 is 32.8. The maximum absolute atomic E-state index is 13.1. The monoisotopic (exact) mass is 664 g/mol. The predicted octanol–water partition coefficient (Wildman–Crippen LogP) is 2.56. The molecule has 0 aromatic heterocycles. The zero-order valence-electron chi connectivity index (χ0n) is 27.6. The Hall–Kier alpha value is -4.17. The van der Waals surface area contributed by atoms with Gasteiger partial charge < -0.3 is 43.7 Å². The minimum absolute atomic E-state index is 0.0427. The Morgan fingerprint density at radius 1 is 0.957 bits per heavy atom. The van der Waals surface area contributed by atoms with Crippen molar-refractivity contribution in [3.8, 4) is 5.75 Å². The second-order valence-electron chi connectivity index (χ2n) is 12.9. The molecule has 3 N–H and O–H groups in total. The highest BCUT2D eigenvalue weighted by Gasteiger charge is 2.70. The van der Waals surface area contributed by atoms with Gasteiger partial charge in [0, 0.05) is 31.3 Å². The Morgan fingerprint density at radius 3 is 2.19 bits per heavy atom. The number of hydrogen-bond donors (Lipinski definition) is 3. The fraction of sp³-hybridized carbons (Fsp3) is 0.606. The van der Waals surface area contributed by atoms with Crippen LogP contribution in [0.3, 0.4) is 0 Å². The van der Waals surface area contributed by atoms with Crippen LogP contribution in [0.4, 0.5) is 0 Å². The fourth-order valence-corrected chi connectivity index (χ4v) is 5.47. The quantitative estimate of drug-likeness (QED) is 0.205. The van der Waals surface area contributed by atoms with Crippen LogP contribution in [0.15, 0.2) is 36.1 Å². The normalized spacial score (nSPS) is 25.7. The van der Waals surface area contributed by atoms with E-state index in [2.05, 4.69) is 0 Å². The first-order valence-corrected chi connectivity index (χ1v) is 15.4. The lowest BCUT2D eigenvalue weighted by atomic mass is 9.77. The van der Waals surface area contributed by atoms with Gasteiger partial charge in [-0.15, -0.1) is 0 Å². The van der Waals surface area contributed by atoms with Crippen LogP contribution >= 0.6 is 0 Å². The van der Waals surface area contributed by atoms with Crippen molar-refractivity contribution in [2.75, 3.05) is 13.2 Å². The Labute approximate surface area is 272 Å². The van der Waals surface area contributed by atoms with Gasteiger partial charge >= 0.3 is 29.8 Å². The van der Waals surface area contributed by atoms with E-state index < -0.39 is 103 Å². The van der Waals surface area contributed by atoms with Crippen LogP contribution in [0.2, 0.25) is 0 Å². The number of aliphatic hydroxyl groups is 2. The Morgan fingerprint density at radius 2 is 1.62 bits per heavy atom. The summed E-state index contributed by atoms with van der Waals surface area (Å²) in [6.07, 6.45) is -4.02. The molecule has 1 aliphatic carbocycles. The van der Waals surface area contributed by atoms with Gasteiger partial charge in [-0.05, 0) is 18.1 Å². The largest absolute Gasteiger partial charge is 0.507 e. The molecule has 1 fully saturated rings. The van der Waals surface area contributed by atoms with E-state index in [4.69, 9.17) is 28.4 Å². The number of fused-ring (bicyclic) bond motifs is 1. The van der Waals surface area contributed by atoms with E-state index in [9.17, 15) is 39.3 Å². The zero-order valence-corrected chi connectivity index (χ0v) is 27.6. The number of phenolic OH excluding ortho intramolecular Hbond substituents is 1. The minimum Gasteiger partial charge on any atom is -0.507 e. The molecule has 47 heavy (non-hydrogen) atoms. The third-order valence-corrected chi connectivity index (χ3v) is 7.89. The van der Waals surface area contributed by atoms with Gasteiger partial charge in [0.15, 0.2) is 0 Å². The maximum Gasteiger partial charge on any atom is 0.348 e. The lowest BCUT2D eigenvalue weighted by Gasteiger charge is -2.44. The highest BCUT2D eigenvalue weighted by Crippen LogP contribution is 2.53. The van der Waals surface area contributed by atoms with Gasteiger partial charge in [-0.25, -0.2) is 9.59 Å². The van der Waals surface area contributed by atoms with Gasteiger partial charge in [0.2, 0.25) is 6.10 Å². The number of esters is 5. The number of phenols is 1. The van der Waals surface area contributed by atoms with Crippen molar-refractivity contribution in [3.63, 3.8) is 0 Å². The van der Waals surface area contributed by atoms with Gasteiger partial charge in [0.1, 0.15) is 47.8 Å². The summed E-state index contributed by atoms with van der Waals surface area (Å²) in [5.41, 5.74) is -4.97. The number of carbonyl (C=O) groups is 5. The molecule has 1 aromatic carbocycles. The Bertz CT molecular complexity index is 1370. The molecule has 0 amide bonds. The number of hydrogen-bond acceptors (Lipinski definition) is 14. The molecule has 14 nitrogen and oxygen atoms in total. The molecule has 3 rings (SSSR count). The topological polar surface area (TPSA) is 201 Å². The fourth-order valence-electron chi connectivity index (χ4n) is 5.47. The van der Waals surface area contributed by atoms with Crippen LogP contribution in [-0.2, 0) is 47.6 Å². The predicted molar refractivity (Wildman–Crippen MR) is 161 cm³/mol. The second kappa shape index (κ2) is 15.2. The van der Waals surface area contributed by atoms with Crippen LogP contribution in [-0.4, -0.2) is 88.1 Å². The SMILES string of the molecule is CC(=O)OC1CC2(O)C(COC(=O)C(OC(=O)C(C)C)C(C)C)=COC(OC(=O)CC(C)C)C2[C@@]1(O)COC(=O)c1ccccc1O. The lowest BCUT2D eigenvalue weighted by molar-refractivity contribution is -0.239. The smallest absolute Gasteiger partial charge is 0.348 e. The number of aromatic hydroxyl groups is 1. The number of ether oxygens (including phenoxy) is 6.